The van der Waals surface area contributed by atoms with E-state index in [1.165, 1.54) is 25.1 Å². The number of benzene rings is 1. The normalized spacial score (nSPS) is 11.9. The molecule has 0 aliphatic rings. The highest BCUT2D eigenvalue weighted by Gasteiger charge is 2.21. The Hall–Kier alpha value is -1.82. The summed E-state index contributed by atoms with van der Waals surface area (Å²) in [5.41, 5.74) is 4.96. The molecule has 16 heavy (non-hydrogen) atoms. The first-order valence-corrected chi connectivity index (χ1v) is 4.74. The Bertz CT molecular complexity index is 436. The summed E-state index contributed by atoms with van der Waals surface area (Å²) in [4.78, 5) is 10.1. The number of nitrogens with one attached hydrogen (secondary N) is 1. The van der Waals surface area contributed by atoms with Crippen LogP contribution < -0.4 is 10.5 Å². The predicted octanol–water partition coefficient (Wildman–Crippen LogP) is 1.95. The van der Waals surface area contributed by atoms with E-state index in [0.717, 1.165) is 0 Å². The van der Waals surface area contributed by atoms with Crippen LogP contribution in [0.4, 0.5) is 5.69 Å². The van der Waals surface area contributed by atoms with Crippen LogP contribution in [0.1, 0.15) is 6.92 Å². The molecule has 0 aromatic heterocycles. The quantitative estimate of drug-likeness (QED) is 0.365. The van der Waals surface area contributed by atoms with E-state index in [2.05, 4.69) is 0 Å². The van der Waals surface area contributed by atoms with Crippen molar-refractivity contribution in [3.8, 4) is 5.75 Å². The third-order valence-corrected chi connectivity index (χ3v) is 2.17. The van der Waals surface area contributed by atoms with Gasteiger partial charge in [0.05, 0.1) is 9.95 Å². The maximum absolute atomic E-state index is 10.7. The number of halogens is 1. The van der Waals surface area contributed by atoms with Crippen molar-refractivity contribution in [2.24, 2.45) is 5.73 Å². The van der Waals surface area contributed by atoms with Gasteiger partial charge in [-0.25, -0.2) is 0 Å². The van der Waals surface area contributed by atoms with Gasteiger partial charge in [0.25, 0.3) is 0 Å². The largest absolute Gasteiger partial charge is 0.475 e. The molecule has 0 aliphatic carbocycles. The summed E-state index contributed by atoms with van der Waals surface area (Å²) in [6.45, 7) is 1.51. The van der Waals surface area contributed by atoms with E-state index < -0.39 is 11.0 Å². The fraction of sp³-hybridized carbons (Fsp3) is 0.222. The third kappa shape index (κ3) is 2.60. The molecule has 6 nitrogen and oxygen atoms in total. The Morgan fingerprint density at radius 2 is 2.31 bits per heavy atom. The van der Waals surface area contributed by atoms with Gasteiger partial charge in [-0.3, -0.25) is 15.5 Å². The van der Waals surface area contributed by atoms with Gasteiger partial charge in [0.15, 0.2) is 6.10 Å². The Balaban J connectivity index is 3.11. The fourth-order valence-corrected chi connectivity index (χ4v) is 1.21. The van der Waals surface area contributed by atoms with E-state index in [9.17, 15) is 10.1 Å². The lowest BCUT2D eigenvalue weighted by Crippen LogP contribution is -2.30. The van der Waals surface area contributed by atoms with Gasteiger partial charge in [0.2, 0.25) is 5.75 Å². The number of rotatable bonds is 4. The molecule has 3 N–H and O–H groups in total. The minimum atomic E-state index is -0.765. The first kappa shape index (κ1) is 12.3. The summed E-state index contributed by atoms with van der Waals surface area (Å²) in [7, 11) is 0. The molecule has 0 aliphatic heterocycles. The summed E-state index contributed by atoms with van der Waals surface area (Å²) in [6.07, 6.45) is -0.765. The molecule has 0 saturated heterocycles. The van der Waals surface area contributed by atoms with E-state index in [0.29, 0.717) is 0 Å². The maximum Gasteiger partial charge on any atom is 0.312 e. The summed E-state index contributed by atoms with van der Waals surface area (Å²) in [6, 6.07) is 4.19. The number of nitro benzene ring substituents is 1. The molecule has 1 aromatic carbocycles. The van der Waals surface area contributed by atoms with Crippen molar-refractivity contribution in [3.63, 3.8) is 0 Å². The first-order chi connectivity index (χ1) is 7.43. The van der Waals surface area contributed by atoms with Crippen molar-refractivity contribution in [3.05, 3.63) is 33.3 Å². The lowest BCUT2D eigenvalue weighted by molar-refractivity contribution is -0.385. The number of para-hydroxylation sites is 1. The number of ether oxygens (including phenoxy) is 1. The molecule has 1 aromatic rings. The number of amidine groups is 1. The van der Waals surface area contributed by atoms with Crippen LogP contribution in [0, 0.1) is 15.5 Å². The molecule has 0 radical (unpaired) electrons. The minimum absolute atomic E-state index is 0.0723. The molecule has 1 unspecified atom stereocenters. The van der Waals surface area contributed by atoms with Crippen molar-refractivity contribution in [1.82, 2.24) is 0 Å². The number of hydrogen-bond donors (Lipinski definition) is 2. The molecular formula is C9H10ClN3O3. The van der Waals surface area contributed by atoms with Crippen molar-refractivity contribution in [2.75, 3.05) is 0 Å². The Labute approximate surface area is 96.6 Å². The molecule has 0 amide bonds. The average Bonchev–Trinajstić information content (AvgIpc) is 2.20. The van der Waals surface area contributed by atoms with Gasteiger partial charge >= 0.3 is 5.69 Å². The van der Waals surface area contributed by atoms with Crippen LogP contribution in [0.15, 0.2) is 18.2 Å². The molecule has 1 atom stereocenters. The summed E-state index contributed by atoms with van der Waals surface area (Å²) < 4.78 is 5.18. The van der Waals surface area contributed by atoms with Gasteiger partial charge in [-0.05, 0) is 13.0 Å². The highest BCUT2D eigenvalue weighted by molar-refractivity contribution is 6.32. The second-order valence-corrected chi connectivity index (χ2v) is 3.47. The zero-order chi connectivity index (χ0) is 12.3. The number of nitrogens with zero attached hydrogens (tertiary/aromatic N) is 1. The second kappa shape index (κ2) is 4.80. The Kier molecular flexibility index (Phi) is 3.68. The summed E-state index contributed by atoms with van der Waals surface area (Å²) in [5, 5.41) is 18.0. The molecule has 1 rings (SSSR count). The summed E-state index contributed by atoms with van der Waals surface area (Å²) in [5.74, 6) is -0.300. The van der Waals surface area contributed by atoms with Gasteiger partial charge in [-0.2, -0.15) is 0 Å². The van der Waals surface area contributed by atoms with Crippen LogP contribution in [0.3, 0.4) is 0 Å². The smallest absolute Gasteiger partial charge is 0.312 e. The van der Waals surface area contributed by atoms with E-state index in [4.69, 9.17) is 27.5 Å². The second-order valence-electron chi connectivity index (χ2n) is 3.06. The lowest BCUT2D eigenvalue weighted by atomic mass is 10.3. The molecule has 86 valence electrons. The van der Waals surface area contributed by atoms with Crippen molar-refractivity contribution >= 4 is 23.1 Å². The van der Waals surface area contributed by atoms with E-state index in [-0.39, 0.29) is 22.3 Å². The van der Waals surface area contributed by atoms with E-state index in [1.807, 2.05) is 0 Å². The van der Waals surface area contributed by atoms with Crippen LogP contribution >= 0.6 is 11.6 Å². The SMILES string of the molecule is CC(Oc1c(Cl)cccc1[N+](=O)[O-])C(=N)N. The summed E-state index contributed by atoms with van der Waals surface area (Å²) >= 11 is 5.78. The van der Waals surface area contributed by atoms with Crippen LogP contribution in [-0.2, 0) is 0 Å². The van der Waals surface area contributed by atoms with Crippen LogP contribution in [0.2, 0.25) is 5.02 Å². The van der Waals surface area contributed by atoms with Gasteiger partial charge in [0.1, 0.15) is 5.84 Å². The average molecular weight is 244 g/mol. The van der Waals surface area contributed by atoms with E-state index in [1.54, 1.807) is 0 Å². The highest BCUT2D eigenvalue weighted by atomic mass is 35.5. The van der Waals surface area contributed by atoms with Crippen LogP contribution in [0.5, 0.6) is 5.75 Å². The van der Waals surface area contributed by atoms with Gasteiger partial charge in [-0.1, -0.05) is 17.7 Å². The topological polar surface area (TPSA) is 102 Å². The molecule has 7 heteroatoms. The highest BCUT2D eigenvalue weighted by Crippen LogP contribution is 2.34. The predicted molar refractivity (Wildman–Crippen MR) is 60.1 cm³/mol. The molecule has 0 fully saturated rings. The fourth-order valence-electron chi connectivity index (χ4n) is 0.998. The van der Waals surface area contributed by atoms with Gasteiger partial charge in [-0.15, -0.1) is 0 Å². The maximum atomic E-state index is 10.7. The van der Waals surface area contributed by atoms with Crippen LogP contribution in [-0.4, -0.2) is 16.9 Å². The molecular weight excluding hydrogens is 234 g/mol. The third-order valence-electron chi connectivity index (χ3n) is 1.88. The lowest BCUT2D eigenvalue weighted by Gasteiger charge is -2.13. The minimum Gasteiger partial charge on any atom is -0.475 e. The molecule has 0 heterocycles. The number of nitrogens with two attached hydrogens (primary N) is 1. The Morgan fingerprint density at radius 3 is 2.81 bits per heavy atom. The monoisotopic (exact) mass is 243 g/mol. The molecule has 0 saturated carbocycles. The van der Waals surface area contributed by atoms with Crippen LogP contribution in [0.25, 0.3) is 0 Å². The molecule has 0 bridgehead atoms. The Morgan fingerprint density at radius 1 is 1.69 bits per heavy atom. The zero-order valence-corrected chi connectivity index (χ0v) is 9.19. The van der Waals surface area contributed by atoms with Crippen molar-refractivity contribution in [2.45, 2.75) is 13.0 Å². The van der Waals surface area contributed by atoms with Crippen molar-refractivity contribution in [1.29, 1.82) is 5.41 Å². The van der Waals surface area contributed by atoms with E-state index >= 15 is 0 Å². The van der Waals surface area contributed by atoms with Crippen molar-refractivity contribution < 1.29 is 9.66 Å². The number of hydrogen-bond acceptors (Lipinski definition) is 4. The number of nitro groups is 1. The zero-order valence-electron chi connectivity index (χ0n) is 8.44. The van der Waals surface area contributed by atoms with Gasteiger partial charge < -0.3 is 10.5 Å². The van der Waals surface area contributed by atoms with Gasteiger partial charge in [0, 0.05) is 6.07 Å². The molecule has 0 spiro atoms. The standard InChI is InChI=1S/C9H10ClN3O3/c1-5(9(11)12)16-8-6(10)3-2-4-7(8)13(14)15/h2-5H,1H3,(H3,11,12). The first-order valence-electron chi connectivity index (χ1n) is 4.37.